The second-order valence-electron chi connectivity index (χ2n) is 9.17. The Balaban J connectivity index is 0.00000215. The number of benzene rings is 4. The van der Waals surface area contributed by atoms with Crippen molar-refractivity contribution in [2.24, 2.45) is 0 Å². The number of aryl methyl sites for hydroxylation is 1. The van der Waals surface area contributed by atoms with E-state index >= 15 is 0 Å². The number of hydrogen-bond acceptors (Lipinski definition) is 10. The average molecular weight is 644 g/mol. The van der Waals surface area contributed by atoms with Crippen LogP contribution in [0.5, 0.6) is 0 Å². The van der Waals surface area contributed by atoms with Crippen LogP contribution in [0.15, 0.2) is 82.6 Å². The van der Waals surface area contributed by atoms with Gasteiger partial charge in [-0.1, -0.05) is 23.2 Å². The van der Waals surface area contributed by atoms with E-state index in [0.29, 0.717) is 45.2 Å². The molecule has 0 aliphatic carbocycles. The van der Waals surface area contributed by atoms with Crippen LogP contribution < -0.4 is 99.7 Å². The Kier molecular flexibility index (Phi) is 13.0. The van der Waals surface area contributed by atoms with E-state index < -0.39 is 30.0 Å². The zero-order valence-corrected chi connectivity index (χ0v) is 31.5. The van der Waals surface area contributed by atoms with Crippen LogP contribution in [0.4, 0.5) is 17.1 Å². The van der Waals surface area contributed by atoms with E-state index in [4.69, 9.17) is 5.73 Å². The minimum atomic E-state index is -5.19. The maximum atomic E-state index is 12.8. The first kappa shape index (κ1) is 37.8. The number of pyridine rings is 1. The molecule has 15 heteroatoms. The van der Waals surface area contributed by atoms with E-state index in [-0.39, 0.29) is 117 Å². The summed E-state index contributed by atoms with van der Waals surface area (Å²) in [7, 11) is -10.2. The summed E-state index contributed by atoms with van der Waals surface area (Å²) in [5, 5.41) is 3.64. The predicted octanol–water partition coefficient (Wildman–Crippen LogP) is -4.93. The smallest absolute Gasteiger partial charge is 0.744 e. The standard InChI is InChI=1S/C28H22N3O7S2.3Na/c1-16-11-25(22-12-17(5-10-23(22)30-16)13-26(32)18-6-8-20(29)9-7-18)31-24-4-2-3-19-14-21(39(33,34)35)15-27(28(19)24)40(36,37)38;;;/h3-12,14-15H,13,29H2,1H3,(H,30,31)(H,33,34,35)(H,36,37,38);;;/q-1;3*+1/p-2. The molecular formula is C28H20N3Na3O7S2. The predicted molar refractivity (Wildman–Crippen MR) is 147 cm³/mol. The first-order valence-electron chi connectivity index (χ1n) is 11.8. The molecule has 43 heavy (non-hydrogen) atoms. The SMILES string of the molecule is Cc1cc(Nc2c[c-]cc3cc(S(=O)(=O)[O-])cc(S(=O)(=O)[O-])c23)c2cc(CC(=O)c3ccc(N)cc3)ccc2n1.[Na+].[Na+].[Na+]. The van der Waals surface area contributed by atoms with E-state index in [2.05, 4.69) is 16.4 Å². The quantitative estimate of drug-likeness (QED) is 0.0573. The van der Waals surface area contributed by atoms with E-state index in [1.54, 1.807) is 55.5 Å². The number of Topliss-reactive ketones (excluding diaryl/α,β-unsaturated/α-hetero) is 1. The Bertz CT molecular complexity index is 2060. The van der Waals surface area contributed by atoms with Gasteiger partial charge in [-0.15, -0.1) is 5.39 Å². The molecule has 0 spiro atoms. The zero-order chi connectivity index (χ0) is 28.8. The van der Waals surface area contributed by atoms with Crippen molar-refractivity contribution >= 4 is 64.8 Å². The van der Waals surface area contributed by atoms with Gasteiger partial charge in [0.15, 0.2) is 5.78 Å². The summed E-state index contributed by atoms with van der Waals surface area (Å²) >= 11 is 0. The molecular weight excluding hydrogens is 623 g/mol. The monoisotopic (exact) mass is 643 g/mol. The number of ketones is 1. The number of fused-ring (bicyclic) bond motifs is 2. The Hall–Kier alpha value is -1.36. The second kappa shape index (κ2) is 14.8. The van der Waals surface area contributed by atoms with Crippen LogP contribution in [-0.4, -0.2) is 36.7 Å². The summed E-state index contributed by atoms with van der Waals surface area (Å²) < 4.78 is 71.3. The van der Waals surface area contributed by atoms with Gasteiger partial charge >= 0.3 is 88.7 Å². The molecule has 0 atom stereocenters. The number of nitrogen functional groups attached to an aromatic ring is 1. The first-order valence-corrected chi connectivity index (χ1v) is 14.6. The molecule has 3 N–H and O–H groups in total. The normalized spacial score (nSPS) is 11.2. The molecule has 5 aromatic rings. The fourth-order valence-electron chi connectivity index (χ4n) is 4.46. The largest absolute Gasteiger partial charge is 1.00 e. The van der Waals surface area contributed by atoms with Gasteiger partial charge in [-0.3, -0.25) is 9.78 Å². The summed E-state index contributed by atoms with van der Waals surface area (Å²) in [6.45, 7) is 1.76. The molecule has 10 nitrogen and oxygen atoms in total. The molecule has 0 saturated heterocycles. The minimum Gasteiger partial charge on any atom is -0.744 e. The number of nitrogens with one attached hydrogen (secondary N) is 1. The molecule has 1 aromatic heterocycles. The van der Waals surface area contributed by atoms with Crippen molar-refractivity contribution in [3.05, 3.63) is 95.7 Å². The third kappa shape index (κ3) is 8.67. The van der Waals surface area contributed by atoms with E-state index in [0.717, 1.165) is 6.07 Å². The van der Waals surface area contributed by atoms with E-state index in [1.165, 1.54) is 12.1 Å². The van der Waals surface area contributed by atoms with Crippen molar-refractivity contribution in [1.82, 2.24) is 4.98 Å². The number of nitrogens with zero attached hydrogens (tertiary/aromatic N) is 1. The maximum Gasteiger partial charge on any atom is 1.00 e. The van der Waals surface area contributed by atoms with Crippen LogP contribution in [0.3, 0.4) is 0 Å². The van der Waals surface area contributed by atoms with Crippen LogP contribution in [0, 0.1) is 13.0 Å². The molecule has 0 aliphatic heterocycles. The molecule has 204 valence electrons. The number of rotatable bonds is 7. The number of carbonyl (C=O) groups is 1. The number of nitrogens with two attached hydrogens (primary N) is 1. The first-order chi connectivity index (χ1) is 18.8. The van der Waals surface area contributed by atoms with Crippen molar-refractivity contribution in [2.75, 3.05) is 11.1 Å². The van der Waals surface area contributed by atoms with Crippen LogP contribution in [0.1, 0.15) is 21.6 Å². The molecule has 0 aliphatic rings. The van der Waals surface area contributed by atoms with Gasteiger partial charge in [0.05, 0.1) is 5.52 Å². The zero-order valence-electron chi connectivity index (χ0n) is 23.8. The Morgan fingerprint density at radius 3 is 2.19 bits per heavy atom. The third-order valence-corrected chi connectivity index (χ3v) is 7.94. The van der Waals surface area contributed by atoms with Gasteiger partial charge in [0.2, 0.25) is 0 Å². The van der Waals surface area contributed by atoms with Gasteiger partial charge in [-0.05, 0) is 61.0 Å². The second-order valence-corrected chi connectivity index (χ2v) is 11.9. The molecule has 0 saturated carbocycles. The van der Waals surface area contributed by atoms with Gasteiger partial charge < -0.3 is 20.2 Å². The van der Waals surface area contributed by atoms with E-state index in [1.807, 2.05) is 0 Å². The summed E-state index contributed by atoms with van der Waals surface area (Å²) in [6.07, 6.45) is 0.0975. The van der Waals surface area contributed by atoms with Crippen molar-refractivity contribution < 1.29 is 119 Å². The van der Waals surface area contributed by atoms with Gasteiger partial charge in [0, 0.05) is 44.2 Å². The van der Waals surface area contributed by atoms with Gasteiger partial charge in [-0.2, -0.15) is 18.2 Å². The average Bonchev–Trinajstić information content (AvgIpc) is 2.87. The topological polar surface area (TPSA) is 182 Å². The fourth-order valence-corrected chi connectivity index (χ4v) is 5.82. The van der Waals surface area contributed by atoms with Crippen molar-refractivity contribution in [2.45, 2.75) is 23.1 Å². The molecule has 0 radical (unpaired) electrons. The van der Waals surface area contributed by atoms with Crippen LogP contribution in [-0.2, 0) is 26.7 Å². The number of anilines is 3. The third-order valence-electron chi connectivity index (χ3n) is 6.27. The number of hydrogen-bond donors (Lipinski definition) is 2. The van der Waals surface area contributed by atoms with Gasteiger partial charge in [0.25, 0.3) is 0 Å². The summed E-state index contributed by atoms with van der Waals surface area (Å²) in [5.74, 6) is -0.119. The van der Waals surface area contributed by atoms with Crippen molar-refractivity contribution in [3.63, 3.8) is 0 Å². The maximum absolute atomic E-state index is 12.8. The van der Waals surface area contributed by atoms with Gasteiger partial charge in [-0.25, -0.2) is 16.8 Å². The van der Waals surface area contributed by atoms with Crippen LogP contribution >= 0.6 is 0 Å². The van der Waals surface area contributed by atoms with Crippen molar-refractivity contribution in [1.29, 1.82) is 0 Å². The van der Waals surface area contributed by atoms with Gasteiger partial charge in [0.1, 0.15) is 20.2 Å². The molecule has 5 rings (SSSR count). The molecule has 0 fully saturated rings. The summed E-state index contributed by atoms with van der Waals surface area (Å²) in [4.78, 5) is 15.7. The summed E-state index contributed by atoms with van der Waals surface area (Å²) in [6, 6.07) is 20.6. The number of aromatic nitrogens is 1. The molecule has 4 aromatic carbocycles. The fraction of sp³-hybridized carbons (Fsp3) is 0.0714. The Morgan fingerprint density at radius 1 is 0.884 bits per heavy atom. The van der Waals surface area contributed by atoms with Crippen LogP contribution in [0.25, 0.3) is 21.7 Å². The van der Waals surface area contributed by atoms with E-state index in [9.17, 15) is 30.7 Å². The summed E-state index contributed by atoms with van der Waals surface area (Å²) in [5.41, 5.74) is 9.29. The molecule has 0 unspecified atom stereocenters. The number of carbonyl (C=O) groups excluding carboxylic acids is 1. The molecule has 1 heterocycles. The Morgan fingerprint density at radius 2 is 1.56 bits per heavy atom. The van der Waals surface area contributed by atoms with Crippen LogP contribution in [0.2, 0.25) is 0 Å². The Labute approximate surface area is 315 Å². The molecule has 0 bridgehead atoms. The minimum absolute atomic E-state index is 0. The molecule has 0 amide bonds. The van der Waals surface area contributed by atoms with Crippen molar-refractivity contribution in [3.8, 4) is 0 Å².